The van der Waals surface area contributed by atoms with Gasteiger partial charge in [0.25, 0.3) is 0 Å². The molecule has 0 radical (unpaired) electrons. The minimum Gasteiger partial charge on any atom is -0.481 e. The van der Waals surface area contributed by atoms with Crippen molar-refractivity contribution in [3.8, 4) is 0 Å². The second kappa shape index (κ2) is 8.08. The lowest BCUT2D eigenvalue weighted by Gasteiger charge is -2.07. The molecule has 0 aliphatic rings. The molecule has 106 valence electrons. The van der Waals surface area contributed by atoms with Crippen molar-refractivity contribution in [3.63, 3.8) is 0 Å². The Morgan fingerprint density at radius 3 is 2.89 bits per heavy atom. The van der Waals surface area contributed by atoms with Gasteiger partial charge in [-0.25, -0.2) is 0 Å². The van der Waals surface area contributed by atoms with Crippen LogP contribution in [0.4, 0.5) is 5.13 Å². The fourth-order valence-corrected chi connectivity index (χ4v) is 2.56. The van der Waals surface area contributed by atoms with Crippen LogP contribution in [0.1, 0.15) is 19.8 Å². The Balaban J connectivity index is 2.36. The highest BCUT2D eigenvalue weighted by Gasteiger charge is 2.11. The van der Waals surface area contributed by atoms with Crippen LogP contribution in [-0.2, 0) is 14.3 Å². The summed E-state index contributed by atoms with van der Waals surface area (Å²) in [7, 11) is 1.60. The maximum atomic E-state index is 11.6. The number of amides is 1. The molecule has 1 atom stereocenters. The maximum absolute atomic E-state index is 11.6. The summed E-state index contributed by atoms with van der Waals surface area (Å²) in [6.07, 6.45) is 0.996. The number of aromatic nitrogens is 2. The zero-order valence-electron chi connectivity index (χ0n) is 10.6. The third-order valence-electron chi connectivity index (χ3n) is 2.15. The van der Waals surface area contributed by atoms with Crippen LogP contribution in [0, 0.1) is 0 Å². The van der Waals surface area contributed by atoms with E-state index in [9.17, 15) is 9.59 Å². The molecule has 1 aromatic rings. The number of hydrogen-bond acceptors (Lipinski definition) is 7. The minimum atomic E-state index is -0.917. The smallest absolute Gasteiger partial charge is 0.313 e. The van der Waals surface area contributed by atoms with Gasteiger partial charge in [-0.1, -0.05) is 23.1 Å². The molecule has 0 saturated heterocycles. The lowest BCUT2D eigenvalue weighted by molar-refractivity contribution is -0.133. The van der Waals surface area contributed by atoms with Gasteiger partial charge in [-0.05, 0) is 13.3 Å². The normalized spacial score (nSPS) is 12.1. The van der Waals surface area contributed by atoms with Crippen molar-refractivity contribution < 1.29 is 19.4 Å². The van der Waals surface area contributed by atoms with Crippen LogP contribution in [0.15, 0.2) is 4.34 Å². The number of anilines is 1. The number of hydrogen-bond donors (Lipinski definition) is 2. The first-order valence-electron chi connectivity index (χ1n) is 5.52. The van der Waals surface area contributed by atoms with Crippen LogP contribution in [0.5, 0.6) is 0 Å². The van der Waals surface area contributed by atoms with E-state index in [0.717, 1.165) is 23.1 Å². The van der Waals surface area contributed by atoms with Crippen LogP contribution in [0.25, 0.3) is 0 Å². The second-order valence-electron chi connectivity index (χ2n) is 3.69. The van der Waals surface area contributed by atoms with E-state index in [1.807, 2.05) is 6.92 Å². The number of thioether (sulfide) groups is 1. The summed E-state index contributed by atoms with van der Waals surface area (Å²) in [4.78, 5) is 22.0. The molecule has 2 N–H and O–H groups in total. The van der Waals surface area contributed by atoms with E-state index >= 15 is 0 Å². The van der Waals surface area contributed by atoms with Crippen molar-refractivity contribution in [1.82, 2.24) is 10.2 Å². The zero-order valence-corrected chi connectivity index (χ0v) is 12.2. The average molecular weight is 305 g/mol. The highest BCUT2D eigenvalue weighted by molar-refractivity contribution is 8.01. The molecule has 1 amide bonds. The molecular formula is C10H15N3O4S2. The highest BCUT2D eigenvalue weighted by atomic mass is 32.2. The predicted octanol–water partition coefficient (Wildman–Crippen LogP) is 1.47. The van der Waals surface area contributed by atoms with Crippen LogP contribution in [0.3, 0.4) is 0 Å². The number of ether oxygens (including phenoxy) is 1. The Morgan fingerprint density at radius 1 is 1.53 bits per heavy atom. The second-order valence-corrected chi connectivity index (χ2v) is 5.89. The Kier molecular flexibility index (Phi) is 6.74. The molecule has 0 aliphatic heterocycles. The van der Waals surface area contributed by atoms with E-state index in [4.69, 9.17) is 9.84 Å². The number of carboxylic acids is 1. The van der Waals surface area contributed by atoms with Crippen molar-refractivity contribution >= 4 is 40.1 Å². The van der Waals surface area contributed by atoms with Gasteiger partial charge in [0.15, 0.2) is 4.34 Å². The van der Waals surface area contributed by atoms with Crippen molar-refractivity contribution in [2.45, 2.75) is 30.2 Å². The van der Waals surface area contributed by atoms with Crippen LogP contribution in [0.2, 0.25) is 0 Å². The number of nitrogens with one attached hydrogen (secondary N) is 1. The zero-order chi connectivity index (χ0) is 14.3. The molecule has 0 aliphatic carbocycles. The quantitative estimate of drug-likeness (QED) is 0.554. The lowest BCUT2D eigenvalue weighted by Crippen LogP contribution is -2.14. The first-order valence-corrected chi connectivity index (χ1v) is 7.32. The fraction of sp³-hybridized carbons (Fsp3) is 0.600. The van der Waals surface area contributed by atoms with Crippen molar-refractivity contribution in [3.05, 3.63) is 0 Å². The van der Waals surface area contributed by atoms with Gasteiger partial charge in [-0.2, -0.15) is 0 Å². The van der Waals surface area contributed by atoms with Gasteiger partial charge in [0, 0.05) is 13.5 Å². The van der Waals surface area contributed by atoms with Gasteiger partial charge >= 0.3 is 5.97 Å². The summed E-state index contributed by atoms with van der Waals surface area (Å²) in [6.45, 7) is 1.89. The van der Waals surface area contributed by atoms with Crippen molar-refractivity contribution in [2.75, 3.05) is 18.2 Å². The largest absolute Gasteiger partial charge is 0.481 e. The molecule has 1 aromatic heterocycles. The van der Waals surface area contributed by atoms with Crippen molar-refractivity contribution in [1.29, 1.82) is 0 Å². The van der Waals surface area contributed by atoms with E-state index in [0.29, 0.717) is 22.3 Å². The summed E-state index contributed by atoms with van der Waals surface area (Å²) in [6, 6.07) is 0. The number of aliphatic carboxylic acids is 1. The molecule has 9 heteroatoms. The first kappa shape index (κ1) is 15.9. The summed E-state index contributed by atoms with van der Waals surface area (Å²) < 4.78 is 5.56. The fourth-order valence-electron chi connectivity index (χ4n) is 1.08. The first-order chi connectivity index (χ1) is 9.01. The summed E-state index contributed by atoms with van der Waals surface area (Å²) in [5.41, 5.74) is 0. The van der Waals surface area contributed by atoms with Gasteiger partial charge < -0.3 is 15.2 Å². The summed E-state index contributed by atoms with van der Waals surface area (Å²) >= 11 is 2.23. The Bertz CT molecular complexity index is 438. The predicted molar refractivity (Wildman–Crippen MR) is 72.6 cm³/mol. The number of carbonyl (C=O) groups excluding carboxylic acids is 1. The number of rotatable bonds is 8. The molecule has 7 nitrogen and oxygen atoms in total. The third kappa shape index (κ3) is 6.50. The number of nitrogens with zero attached hydrogens (tertiary/aromatic N) is 2. The molecular weight excluding hydrogens is 290 g/mol. The third-order valence-corrected chi connectivity index (χ3v) is 4.11. The maximum Gasteiger partial charge on any atom is 0.313 e. The Labute approximate surface area is 118 Å². The topological polar surface area (TPSA) is 101 Å². The molecule has 1 rings (SSSR count). The van der Waals surface area contributed by atoms with Crippen molar-refractivity contribution in [2.24, 2.45) is 0 Å². The molecule has 0 aromatic carbocycles. The van der Waals surface area contributed by atoms with Gasteiger partial charge in [0.1, 0.15) is 0 Å². The summed E-state index contributed by atoms with van der Waals surface area (Å²) in [5.74, 6) is -1.15. The Morgan fingerprint density at radius 2 is 2.26 bits per heavy atom. The molecule has 0 fully saturated rings. The number of carboxylic acid groups (broad SMARTS) is 1. The van der Waals surface area contributed by atoms with E-state index < -0.39 is 5.97 Å². The van der Waals surface area contributed by atoms with E-state index in [1.165, 1.54) is 0 Å². The molecule has 1 unspecified atom stereocenters. The lowest BCUT2D eigenvalue weighted by atomic mass is 10.2. The van der Waals surface area contributed by atoms with E-state index in [2.05, 4.69) is 15.5 Å². The monoisotopic (exact) mass is 305 g/mol. The molecule has 0 spiro atoms. The molecule has 19 heavy (non-hydrogen) atoms. The van der Waals surface area contributed by atoms with Gasteiger partial charge in [0.2, 0.25) is 11.0 Å². The average Bonchev–Trinajstić information content (AvgIpc) is 2.81. The van der Waals surface area contributed by atoms with Crippen LogP contribution >= 0.6 is 23.1 Å². The van der Waals surface area contributed by atoms with Gasteiger partial charge in [-0.3, -0.25) is 9.59 Å². The van der Waals surface area contributed by atoms with Crippen LogP contribution in [-0.4, -0.2) is 46.1 Å². The SMILES string of the molecule is COC(C)CCC(=O)Nc1nnc(SCC(=O)O)s1. The molecule has 0 saturated carbocycles. The standard InChI is InChI=1S/C10H15N3O4S2/c1-6(17-2)3-4-7(14)11-9-12-13-10(19-9)18-5-8(15)16/h6H,3-5H2,1-2H3,(H,15,16)(H,11,12,14). The highest BCUT2D eigenvalue weighted by Crippen LogP contribution is 2.25. The molecule has 1 heterocycles. The van der Waals surface area contributed by atoms with Gasteiger partial charge in [-0.15, -0.1) is 10.2 Å². The minimum absolute atomic E-state index is 0.0295. The van der Waals surface area contributed by atoms with E-state index in [-0.39, 0.29) is 17.8 Å². The number of methoxy groups -OCH3 is 1. The molecule has 0 bridgehead atoms. The van der Waals surface area contributed by atoms with Gasteiger partial charge in [0.05, 0.1) is 11.9 Å². The Hall–Kier alpha value is -1.19. The number of carbonyl (C=O) groups is 2. The van der Waals surface area contributed by atoms with Crippen LogP contribution < -0.4 is 5.32 Å². The summed E-state index contributed by atoms with van der Waals surface area (Å²) in [5, 5.41) is 19.1. The van der Waals surface area contributed by atoms with E-state index in [1.54, 1.807) is 7.11 Å².